The first kappa shape index (κ1) is 18.5. The number of benzene rings is 3. The third-order valence-corrected chi connectivity index (χ3v) is 4.42. The predicted molar refractivity (Wildman–Crippen MR) is 115 cm³/mol. The van der Waals surface area contributed by atoms with Gasteiger partial charge in [-0.2, -0.15) is 5.10 Å². The first-order valence-electron chi connectivity index (χ1n) is 9.23. The maximum Gasteiger partial charge on any atom is 0.247 e. The molecular formula is C24H19FN4. The van der Waals surface area contributed by atoms with E-state index in [1.165, 1.54) is 12.3 Å². The Labute approximate surface area is 169 Å². The number of hydrogen-bond acceptors (Lipinski definition) is 4. The Kier molecular flexibility index (Phi) is 5.38. The van der Waals surface area contributed by atoms with Crippen LogP contribution < -0.4 is 5.01 Å². The third kappa shape index (κ3) is 4.35. The Hall–Kier alpha value is -3.86. The Morgan fingerprint density at radius 3 is 1.83 bits per heavy atom. The Balaban J connectivity index is 1.75. The van der Waals surface area contributed by atoms with Crippen molar-refractivity contribution in [3.8, 4) is 22.5 Å². The summed E-state index contributed by atoms with van der Waals surface area (Å²) < 4.78 is 13.9. The molecule has 0 atom stereocenters. The van der Waals surface area contributed by atoms with Crippen molar-refractivity contribution in [1.29, 1.82) is 0 Å². The van der Waals surface area contributed by atoms with Crippen LogP contribution in [0, 0.1) is 5.82 Å². The molecule has 1 heterocycles. The standard InChI is InChI=1S/C24H19FN4/c1-29(26-17-20-14-8-9-15-21(20)25)24-27-22(18-10-4-2-5-11-18)16-23(28-24)19-12-6-3-7-13-19/h2-17H,1H3/b26-17+. The lowest BCUT2D eigenvalue weighted by atomic mass is 10.1. The number of halogens is 1. The van der Waals surface area contributed by atoms with Crippen molar-refractivity contribution in [2.45, 2.75) is 0 Å². The van der Waals surface area contributed by atoms with Crippen LogP contribution in [-0.4, -0.2) is 23.2 Å². The van der Waals surface area contributed by atoms with E-state index >= 15 is 0 Å². The van der Waals surface area contributed by atoms with E-state index in [0.717, 1.165) is 22.5 Å². The second-order valence-corrected chi connectivity index (χ2v) is 6.46. The van der Waals surface area contributed by atoms with Gasteiger partial charge < -0.3 is 0 Å². The van der Waals surface area contributed by atoms with Crippen molar-refractivity contribution in [2.75, 3.05) is 12.1 Å². The maximum absolute atomic E-state index is 13.9. The van der Waals surface area contributed by atoms with Gasteiger partial charge in [-0.05, 0) is 12.1 Å². The van der Waals surface area contributed by atoms with Crippen LogP contribution in [0.15, 0.2) is 96.1 Å². The molecule has 0 N–H and O–H groups in total. The van der Waals surface area contributed by atoms with Crippen LogP contribution in [0.4, 0.5) is 10.3 Å². The van der Waals surface area contributed by atoms with Gasteiger partial charge in [0.05, 0.1) is 17.6 Å². The third-order valence-electron chi connectivity index (χ3n) is 4.42. The van der Waals surface area contributed by atoms with Gasteiger partial charge in [0.15, 0.2) is 0 Å². The number of nitrogens with zero attached hydrogens (tertiary/aromatic N) is 4. The summed E-state index contributed by atoms with van der Waals surface area (Å²) in [6.45, 7) is 0. The molecule has 0 unspecified atom stereocenters. The minimum absolute atomic E-state index is 0.325. The molecule has 0 aliphatic carbocycles. The van der Waals surface area contributed by atoms with Gasteiger partial charge in [-0.25, -0.2) is 19.4 Å². The zero-order valence-electron chi connectivity index (χ0n) is 15.9. The number of aromatic nitrogens is 2. The van der Waals surface area contributed by atoms with Gasteiger partial charge in [0, 0.05) is 23.7 Å². The fourth-order valence-corrected chi connectivity index (χ4v) is 2.87. The van der Waals surface area contributed by atoms with E-state index in [2.05, 4.69) is 15.1 Å². The second kappa shape index (κ2) is 8.44. The lowest BCUT2D eigenvalue weighted by Crippen LogP contribution is -2.14. The van der Waals surface area contributed by atoms with Crippen molar-refractivity contribution in [2.24, 2.45) is 5.10 Å². The average molecular weight is 382 g/mol. The Morgan fingerprint density at radius 2 is 1.28 bits per heavy atom. The quantitative estimate of drug-likeness (QED) is 0.342. The molecule has 3 aromatic carbocycles. The molecule has 0 aliphatic heterocycles. The fourth-order valence-electron chi connectivity index (χ4n) is 2.87. The lowest BCUT2D eigenvalue weighted by Gasteiger charge is -2.14. The molecule has 0 radical (unpaired) electrons. The summed E-state index contributed by atoms with van der Waals surface area (Å²) in [6.07, 6.45) is 1.47. The van der Waals surface area contributed by atoms with Gasteiger partial charge in [-0.1, -0.05) is 78.9 Å². The van der Waals surface area contributed by atoms with Gasteiger partial charge in [-0.3, -0.25) is 0 Å². The summed E-state index contributed by atoms with van der Waals surface area (Å²) in [7, 11) is 1.75. The maximum atomic E-state index is 13.9. The molecule has 29 heavy (non-hydrogen) atoms. The number of hydrogen-bond donors (Lipinski definition) is 0. The monoisotopic (exact) mass is 382 g/mol. The highest BCUT2D eigenvalue weighted by molar-refractivity contribution is 5.80. The number of hydrazone groups is 1. The van der Waals surface area contributed by atoms with Crippen LogP contribution in [0.1, 0.15) is 5.56 Å². The van der Waals surface area contributed by atoms with Crippen molar-refractivity contribution in [3.05, 3.63) is 102 Å². The molecule has 0 amide bonds. The molecule has 1 aromatic heterocycles. The number of anilines is 1. The van der Waals surface area contributed by atoms with Gasteiger partial charge >= 0.3 is 0 Å². The molecule has 0 spiro atoms. The summed E-state index contributed by atoms with van der Waals surface area (Å²) in [6, 6.07) is 28.3. The molecule has 142 valence electrons. The summed E-state index contributed by atoms with van der Waals surface area (Å²) in [5.74, 6) is 0.103. The smallest absolute Gasteiger partial charge is 0.235 e. The second-order valence-electron chi connectivity index (χ2n) is 6.46. The van der Waals surface area contributed by atoms with Crippen LogP contribution in [0.25, 0.3) is 22.5 Å². The van der Waals surface area contributed by atoms with Crippen LogP contribution in [0.2, 0.25) is 0 Å². The van der Waals surface area contributed by atoms with Crippen LogP contribution >= 0.6 is 0 Å². The van der Waals surface area contributed by atoms with E-state index in [1.54, 1.807) is 30.3 Å². The van der Waals surface area contributed by atoms with E-state index in [-0.39, 0.29) is 5.82 Å². The molecule has 0 saturated heterocycles. The molecule has 5 heteroatoms. The molecule has 0 fully saturated rings. The van der Waals surface area contributed by atoms with Crippen LogP contribution in [0.5, 0.6) is 0 Å². The van der Waals surface area contributed by atoms with Gasteiger partial charge in [0.1, 0.15) is 5.82 Å². The van der Waals surface area contributed by atoms with Crippen LogP contribution in [-0.2, 0) is 0 Å². The van der Waals surface area contributed by atoms with Gasteiger partial charge in [-0.15, -0.1) is 0 Å². The predicted octanol–water partition coefficient (Wildman–Crippen LogP) is 5.42. The van der Waals surface area contributed by atoms with Crippen molar-refractivity contribution in [1.82, 2.24) is 9.97 Å². The zero-order chi connectivity index (χ0) is 20.1. The molecule has 0 saturated carbocycles. The average Bonchev–Trinajstić information content (AvgIpc) is 2.79. The first-order valence-corrected chi connectivity index (χ1v) is 9.23. The fraction of sp³-hybridized carbons (Fsp3) is 0.0417. The van der Waals surface area contributed by atoms with Crippen LogP contribution in [0.3, 0.4) is 0 Å². The lowest BCUT2D eigenvalue weighted by molar-refractivity contribution is 0.626. The van der Waals surface area contributed by atoms with E-state index in [1.807, 2.05) is 66.7 Å². The van der Waals surface area contributed by atoms with E-state index in [4.69, 9.17) is 0 Å². The SMILES string of the molecule is CN(/N=C/c1ccccc1F)c1nc(-c2ccccc2)cc(-c2ccccc2)n1. The summed E-state index contributed by atoms with van der Waals surface area (Å²) >= 11 is 0. The van der Waals surface area contributed by atoms with E-state index < -0.39 is 0 Å². The topological polar surface area (TPSA) is 41.4 Å². The highest BCUT2D eigenvalue weighted by Crippen LogP contribution is 2.26. The first-order chi connectivity index (χ1) is 14.2. The largest absolute Gasteiger partial charge is 0.247 e. The zero-order valence-corrected chi connectivity index (χ0v) is 15.9. The van der Waals surface area contributed by atoms with Crippen molar-refractivity contribution in [3.63, 3.8) is 0 Å². The molecule has 4 aromatic rings. The minimum atomic E-state index is -0.325. The normalized spacial score (nSPS) is 11.0. The highest BCUT2D eigenvalue weighted by Gasteiger charge is 2.11. The molecule has 4 rings (SSSR count). The molecule has 4 nitrogen and oxygen atoms in total. The highest BCUT2D eigenvalue weighted by atomic mass is 19.1. The van der Waals surface area contributed by atoms with Crippen molar-refractivity contribution >= 4 is 12.2 Å². The molecular weight excluding hydrogens is 363 g/mol. The molecule has 0 aliphatic rings. The van der Waals surface area contributed by atoms with E-state index in [9.17, 15) is 4.39 Å². The molecule has 0 bridgehead atoms. The number of rotatable bonds is 5. The van der Waals surface area contributed by atoms with Gasteiger partial charge in [0.25, 0.3) is 0 Å². The van der Waals surface area contributed by atoms with Crippen molar-refractivity contribution < 1.29 is 4.39 Å². The summed E-state index contributed by atoms with van der Waals surface area (Å²) in [5, 5.41) is 5.89. The summed E-state index contributed by atoms with van der Waals surface area (Å²) in [4.78, 5) is 9.34. The van der Waals surface area contributed by atoms with Gasteiger partial charge in [0.2, 0.25) is 5.95 Å². The Bertz CT molecular complexity index is 1070. The van der Waals surface area contributed by atoms with E-state index in [0.29, 0.717) is 11.5 Å². The minimum Gasteiger partial charge on any atom is -0.235 e. The Morgan fingerprint density at radius 1 is 0.759 bits per heavy atom. The summed E-state index contributed by atoms with van der Waals surface area (Å²) in [5.41, 5.74) is 3.96.